The summed E-state index contributed by atoms with van der Waals surface area (Å²) in [5.41, 5.74) is 5.20. The molecule has 32 heavy (non-hydrogen) atoms. The highest BCUT2D eigenvalue weighted by molar-refractivity contribution is 5.99. The molecule has 0 bridgehead atoms. The number of carbonyl (C=O) groups excluding carboxylic acids is 2. The van der Waals surface area contributed by atoms with Crippen LogP contribution in [0.25, 0.3) is 0 Å². The molecule has 0 saturated heterocycles. The van der Waals surface area contributed by atoms with Gasteiger partial charge in [-0.1, -0.05) is 18.2 Å². The van der Waals surface area contributed by atoms with Crippen LogP contribution in [0, 0.1) is 22.7 Å². The standard InChI is InChI=1S/C22H16F3N5O2/c1-13-18(11-27)20(15-7-5-14(10-26)6-8-15)29(12-19(28)31)21(32)30(13)17-4-2-3-16(9-17)22(23,24)25/h2-9,20H,12H2,1H3,(H2,28,31)/t20-/m1/s1. The predicted molar refractivity (Wildman–Crippen MR) is 107 cm³/mol. The van der Waals surface area contributed by atoms with E-state index >= 15 is 0 Å². The van der Waals surface area contributed by atoms with E-state index in [0.717, 1.165) is 28.0 Å². The fourth-order valence-corrected chi connectivity index (χ4v) is 3.54. The van der Waals surface area contributed by atoms with Gasteiger partial charge in [-0.25, -0.2) is 4.79 Å². The Morgan fingerprint density at radius 1 is 1.12 bits per heavy atom. The lowest BCUT2D eigenvalue weighted by Gasteiger charge is -2.41. The first-order valence-electron chi connectivity index (χ1n) is 9.25. The minimum absolute atomic E-state index is 0.0490. The Labute approximate surface area is 181 Å². The number of nitrogens with two attached hydrogens (primary N) is 1. The maximum absolute atomic E-state index is 13.4. The van der Waals surface area contributed by atoms with Gasteiger partial charge < -0.3 is 10.6 Å². The van der Waals surface area contributed by atoms with E-state index in [1.54, 1.807) is 0 Å². The first-order valence-corrected chi connectivity index (χ1v) is 9.25. The molecule has 3 rings (SSSR count). The lowest BCUT2D eigenvalue weighted by molar-refractivity contribution is -0.137. The number of hydrogen-bond donors (Lipinski definition) is 1. The molecule has 1 heterocycles. The van der Waals surface area contributed by atoms with Gasteiger partial charge in [-0.15, -0.1) is 0 Å². The monoisotopic (exact) mass is 439 g/mol. The third-order valence-corrected chi connectivity index (χ3v) is 4.98. The second-order valence-corrected chi connectivity index (χ2v) is 7.01. The smallest absolute Gasteiger partial charge is 0.368 e. The number of benzene rings is 2. The first-order chi connectivity index (χ1) is 15.1. The maximum atomic E-state index is 13.4. The van der Waals surface area contributed by atoms with Crippen LogP contribution in [0.1, 0.15) is 29.7 Å². The zero-order valence-electron chi connectivity index (χ0n) is 16.7. The van der Waals surface area contributed by atoms with Crippen LogP contribution in [0.15, 0.2) is 59.8 Å². The van der Waals surface area contributed by atoms with Gasteiger partial charge in [0.15, 0.2) is 0 Å². The summed E-state index contributed by atoms with van der Waals surface area (Å²) in [6.45, 7) is 0.867. The highest BCUT2D eigenvalue weighted by atomic mass is 19.4. The van der Waals surface area contributed by atoms with E-state index in [1.165, 1.54) is 37.3 Å². The highest BCUT2D eigenvalue weighted by Gasteiger charge is 2.41. The van der Waals surface area contributed by atoms with Crippen LogP contribution in [0.2, 0.25) is 0 Å². The van der Waals surface area contributed by atoms with Crippen LogP contribution in [-0.4, -0.2) is 23.4 Å². The highest BCUT2D eigenvalue weighted by Crippen LogP contribution is 2.40. The molecule has 2 aromatic rings. The van der Waals surface area contributed by atoms with E-state index in [1.807, 2.05) is 12.1 Å². The molecule has 3 amide bonds. The molecule has 10 heteroatoms. The molecule has 1 aliphatic rings. The van der Waals surface area contributed by atoms with E-state index in [-0.39, 0.29) is 17.0 Å². The number of allylic oxidation sites excluding steroid dienone is 1. The van der Waals surface area contributed by atoms with Gasteiger partial charge in [-0.3, -0.25) is 9.69 Å². The minimum atomic E-state index is -4.64. The van der Waals surface area contributed by atoms with Crippen molar-refractivity contribution in [3.05, 3.63) is 76.5 Å². The van der Waals surface area contributed by atoms with Crippen molar-refractivity contribution in [3.63, 3.8) is 0 Å². The largest absolute Gasteiger partial charge is 0.416 e. The van der Waals surface area contributed by atoms with Crippen LogP contribution in [-0.2, 0) is 11.0 Å². The summed E-state index contributed by atoms with van der Waals surface area (Å²) in [5, 5.41) is 18.9. The topological polar surface area (TPSA) is 114 Å². The van der Waals surface area contributed by atoms with E-state index < -0.39 is 36.3 Å². The molecule has 2 N–H and O–H groups in total. The van der Waals surface area contributed by atoms with Gasteiger partial charge >= 0.3 is 12.2 Å². The van der Waals surface area contributed by atoms with Gasteiger partial charge in [0.05, 0.1) is 40.6 Å². The number of amides is 3. The van der Waals surface area contributed by atoms with Crippen molar-refractivity contribution in [1.82, 2.24) is 4.90 Å². The zero-order chi connectivity index (χ0) is 23.6. The molecular weight excluding hydrogens is 423 g/mol. The molecule has 0 aliphatic carbocycles. The first kappa shape index (κ1) is 22.4. The van der Waals surface area contributed by atoms with E-state index in [2.05, 4.69) is 0 Å². The van der Waals surface area contributed by atoms with Crippen molar-refractivity contribution in [2.45, 2.75) is 19.1 Å². The van der Waals surface area contributed by atoms with Gasteiger partial charge in [0, 0.05) is 5.70 Å². The minimum Gasteiger partial charge on any atom is -0.368 e. The Hall–Kier alpha value is -4.31. The molecule has 0 radical (unpaired) electrons. The fraction of sp³-hybridized carbons (Fsp3) is 0.182. The summed E-state index contributed by atoms with van der Waals surface area (Å²) in [6, 6.07) is 12.3. The second kappa shape index (κ2) is 8.44. The summed E-state index contributed by atoms with van der Waals surface area (Å²) in [6.07, 6.45) is -4.64. The maximum Gasteiger partial charge on any atom is 0.416 e. The molecule has 7 nitrogen and oxygen atoms in total. The average Bonchev–Trinajstić information content (AvgIpc) is 2.75. The van der Waals surface area contributed by atoms with Gasteiger partial charge in [-0.2, -0.15) is 23.7 Å². The number of nitriles is 2. The molecule has 1 aliphatic heterocycles. The molecule has 0 unspecified atom stereocenters. The Kier molecular flexibility index (Phi) is 5.90. The van der Waals surface area contributed by atoms with Gasteiger partial charge in [-0.05, 0) is 42.8 Å². The fourth-order valence-electron chi connectivity index (χ4n) is 3.54. The van der Waals surface area contributed by atoms with Crippen LogP contribution in [0.4, 0.5) is 23.7 Å². The third-order valence-electron chi connectivity index (χ3n) is 4.98. The van der Waals surface area contributed by atoms with Gasteiger partial charge in [0.2, 0.25) is 5.91 Å². The lowest BCUT2D eigenvalue weighted by Crippen LogP contribution is -2.52. The van der Waals surface area contributed by atoms with Crippen molar-refractivity contribution in [2.75, 3.05) is 11.4 Å². The SMILES string of the molecule is CC1=C(C#N)[C@@H](c2ccc(C#N)cc2)N(CC(N)=O)C(=O)N1c1cccc(C(F)(F)F)c1. The Morgan fingerprint density at radius 3 is 2.31 bits per heavy atom. The summed E-state index contributed by atoms with van der Waals surface area (Å²) >= 11 is 0. The quantitative estimate of drug-likeness (QED) is 0.779. The Morgan fingerprint density at radius 2 is 1.78 bits per heavy atom. The van der Waals surface area contributed by atoms with E-state index in [0.29, 0.717) is 11.1 Å². The number of halogens is 3. The molecule has 0 fully saturated rings. The Balaban J connectivity index is 2.20. The van der Waals surface area contributed by atoms with Gasteiger partial charge in [0.25, 0.3) is 0 Å². The van der Waals surface area contributed by atoms with Crippen LogP contribution in [0.5, 0.6) is 0 Å². The number of carbonyl (C=O) groups is 2. The average molecular weight is 439 g/mol. The summed E-state index contributed by atoms with van der Waals surface area (Å²) < 4.78 is 39.6. The molecule has 2 aromatic carbocycles. The molecule has 162 valence electrons. The van der Waals surface area contributed by atoms with Crippen molar-refractivity contribution in [1.29, 1.82) is 10.5 Å². The van der Waals surface area contributed by atoms with Crippen LogP contribution in [0.3, 0.4) is 0 Å². The van der Waals surface area contributed by atoms with Crippen molar-refractivity contribution in [3.8, 4) is 12.1 Å². The summed E-state index contributed by atoms with van der Waals surface area (Å²) in [5.74, 6) is -0.863. The Bertz CT molecular complexity index is 1190. The van der Waals surface area contributed by atoms with E-state index in [4.69, 9.17) is 11.0 Å². The number of nitrogens with zero attached hydrogens (tertiary/aromatic N) is 4. The second-order valence-electron chi connectivity index (χ2n) is 7.01. The predicted octanol–water partition coefficient (Wildman–Crippen LogP) is 3.84. The van der Waals surface area contributed by atoms with Gasteiger partial charge in [0.1, 0.15) is 6.54 Å². The van der Waals surface area contributed by atoms with Crippen LogP contribution >= 0.6 is 0 Å². The van der Waals surface area contributed by atoms with Crippen molar-refractivity contribution < 1.29 is 22.8 Å². The number of urea groups is 1. The molecule has 0 spiro atoms. The summed E-state index contributed by atoms with van der Waals surface area (Å²) in [7, 11) is 0. The number of anilines is 1. The summed E-state index contributed by atoms with van der Waals surface area (Å²) in [4.78, 5) is 27.1. The molecule has 0 aromatic heterocycles. The number of rotatable bonds is 4. The number of hydrogen-bond acceptors (Lipinski definition) is 4. The van der Waals surface area contributed by atoms with Crippen molar-refractivity contribution in [2.24, 2.45) is 5.73 Å². The van der Waals surface area contributed by atoms with E-state index in [9.17, 15) is 28.0 Å². The third kappa shape index (κ3) is 4.12. The lowest BCUT2D eigenvalue weighted by atomic mass is 9.93. The molecular formula is C22H16F3N5O2. The van der Waals surface area contributed by atoms with Crippen LogP contribution < -0.4 is 10.6 Å². The zero-order valence-corrected chi connectivity index (χ0v) is 16.7. The van der Waals surface area contributed by atoms with Crippen molar-refractivity contribution >= 4 is 17.6 Å². The molecule has 1 atom stereocenters. The normalized spacial score (nSPS) is 16.6. The molecule has 0 saturated carbocycles. The number of primary amides is 1. The number of alkyl halides is 3.